The van der Waals surface area contributed by atoms with E-state index in [4.69, 9.17) is 16.3 Å². The van der Waals surface area contributed by atoms with E-state index in [1.807, 2.05) is 35.9 Å². The summed E-state index contributed by atoms with van der Waals surface area (Å²) in [6.45, 7) is 5.21. The summed E-state index contributed by atoms with van der Waals surface area (Å²) in [5.74, 6) is 0.167. The maximum atomic E-state index is 12.2. The van der Waals surface area contributed by atoms with Gasteiger partial charge in [0.05, 0.1) is 23.6 Å². The molecule has 0 bridgehead atoms. The van der Waals surface area contributed by atoms with Gasteiger partial charge in [0, 0.05) is 24.5 Å². The molecule has 0 N–H and O–H groups in total. The van der Waals surface area contributed by atoms with Crippen molar-refractivity contribution in [3.63, 3.8) is 0 Å². The summed E-state index contributed by atoms with van der Waals surface area (Å²) >= 11 is 7.46. The van der Waals surface area contributed by atoms with Crippen LogP contribution < -0.4 is 0 Å². The minimum Gasteiger partial charge on any atom is -0.375 e. The number of hydrogen-bond donors (Lipinski definition) is 0. The number of thiophene rings is 1. The van der Waals surface area contributed by atoms with Gasteiger partial charge in [-0.25, -0.2) is 0 Å². The molecule has 4 nitrogen and oxygen atoms in total. The first kappa shape index (κ1) is 14.8. The van der Waals surface area contributed by atoms with E-state index < -0.39 is 0 Å². The second kappa shape index (κ2) is 6.70. The Bertz CT molecular complexity index is 438. The number of nitrogens with zero attached hydrogens (tertiary/aromatic N) is 2. The van der Waals surface area contributed by atoms with Crippen LogP contribution in [0.15, 0.2) is 12.1 Å². The third kappa shape index (κ3) is 4.45. The maximum Gasteiger partial charge on any atom is 0.236 e. The topological polar surface area (TPSA) is 32.8 Å². The minimum absolute atomic E-state index is 0.138. The molecule has 1 aliphatic heterocycles. The Hall–Kier alpha value is -0.620. The zero-order valence-electron chi connectivity index (χ0n) is 11.3. The molecule has 0 saturated carbocycles. The van der Waals surface area contributed by atoms with Crippen molar-refractivity contribution < 1.29 is 9.53 Å². The van der Waals surface area contributed by atoms with Crippen LogP contribution in [-0.2, 0) is 16.1 Å². The average Bonchev–Trinajstić information content (AvgIpc) is 2.74. The molecular formula is C13H19ClN2O2S. The minimum atomic E-state index is 0.138. The predicted molar refractivity (Wildman–Crippen MR) is 77.7 cm³/mol. The van der Waals surface area contributed by atoms with Crippen molar-refractivity contribution in [2.24, 2.45) is 0 Å². The molecule has 1 fully saturated rings. The van der Waals surface area contributed by atoms with Gasteiger partial charge in [0.1, 0.15) is 0 Å². The lowest BCUT2D eigenvalue weighted by Crippen LogP contribution is -2.47. The van der Waals surface area contributed by atoms with E-state index in [1.54, 1.807) is 11.3 Å². The molecule has 1 amide bonds. The second-order valence-electron chi connectivity index (χ2n) is 4.90. The Morgan fingerprint density at radius 2 is 2.42 bits per heavy atom. The summed E-state index contributed by atoms with van der Waals surface area (Å²) in [5.41, 5.74) is 0. The van der Waals surface area contributed by atoms with Crippen LogP contribution in [0.3, 0.4) is 0 Å². The van der Waals surface area contributed by atoms with Gasteiger partial charge in [-0.1, -0.05) is 11.6 Å². The van der Waals surface area contributed by atoms with Crippen LogP contribution in [-0.4, -0.2) is 55.1 Å². The highest BCUT2D eigenvalue weighted by molar-refractivity contribution is 7.16. The van der Waals surface area contributed by atoms with Gasteiger partial charge >= 0.3 is 0 Å². The largest absolute Gasteiger partial charge is 0.375 e. The van der Waals surface area contributed by atoms with Crippen molar-refractivity contribution in [3.8, 4) is 0 Å². The number of halogens is 1. The number of ether oxygens (including phenoxy) is 1. The van der Waals surface area contributed by atoms with Gasteiger partial charge < -0.3 is 9.64 Å². The first-order valence-corrected chi connectivity index (χ1v) is 7.56. The molecule has 1 saturated heterocycles. The Kier molecular flexibility index (Phi) is 5.21. The van der Waals surface area contributed by atoms with Gasteiger partial charge in [-0.2, -0.15) is 0 Å². The normalized spacial score (nSPS) is 20.0. The summed E-state index contributed by atoms with van der Waals surface area (Å²) in [5, 5.41) is 0. The van der Waals surface area contributed by atoms with E-state index >= 15 is 0 Å². The Morgan fingerprint density at radius 3 is 3.05 bits per heavy atom. The number of morpholine rings is 1. The lowest BCUT2D eigenvalue weighted by molar-refractivity contribution is -0.139. The van der Waals surface area contributed by atoms with Crippen LogP contribution in [0.2, 0.25) is 4.34 Å². The first-order valence-electron chi connectivity index (χ1n) is 6.36. The standard InChI is InChI=1S/C13H19ClN2O2S/c1-10-7-16(5-6-18-10)13(17)9-15(2)8-11-3-4-12(14)19-11/h3-4,10H,5-9H2,1-2H3/t10-/m1/s1. The number of hydrogen-bond acceptors (Lipinski definition) is 4. The van der Waals surface area contributed by atoms with Crippen LogP contribution >= 0.6 is 22.9 Å². The highest BCUT2D eigenvalue weighted by Crippen LogP contribution is 2.22. The van der Waals surface area contributed by atoms with Crippen molar-refractivity contribution in [1.29, 1.82) is 0 Å². The van der Waals surface area contributed by atoms with Gasteiger partial charge in [-0.15, -0.1) is 11.3 Å². The fraction of sp³-hybridized carbons (Fsp3) is 0.615. The molecule has 0 unspecified atom stereocenters. The Morgan fingerprint density at radius 1 is 1.63 bits per heavy atom. The zero-order valence-corrected chi connectivity index (χ0v) is 12.8. The monoisotopic (exact) mass is 302 g/mol. The van der Waals surface area contributed by atoms with E-state index in [0.29, 0.717) is 26.2 Å². The number of likely N-dealkylation sites (N-methyl/N-ethyl adjacent to an activating group) is 1. The summed E-state index contributed by atoms with van der Waals surface area (Å²) in [6, 6.07) is 3.89. The molecule has 0 radical (unpaired) electrons. The van der Waals surface area contributed by atoms with Crippen LogP contribution in [0.4, 0.5) is 0 Å². The smallest absolute Gasteiger partial charge is 0.236 e. The molecule has 0 aromatic carbocycles. The molecule has 1 aromatic rings. The van der Waals surface area contributed by atoms with Crippen LogP contribution in [0.1, 0.15) is 11.8 Å². The lowest BCUT2D eigenvalue weighted by Gasteiger charge is -2.32. The quantitative estimate of drug-likeness (QED) is 0.854. The Balaban J connectivity index is 1.81. The van der Waals surface area contributed by atoms with E-state index in [2.05, 4.69) is 0 Å². The average molecular weight is 303 g/mol. The van der Waals surface area contributed by atoms with Gasteiger partial charge in [-0.05, 0) is 26.1 Å². The number of carbonyl (C=O) groups excluding carboxylic acids is 1. The van der Waals surface area contributed by atoms with Crippen molar-refractivity contribution in [2.45, 2.75) is 19.6 Å². The molecule has 0 aliphatic carbocycles. The van der Waals surface area contributed by atoms with E-state index in [1.165, 1.54) is 4.88 Å². The molecule has 1 aromatic heterocycles. The molecule has 2 rings (SSSR count). The fourth-order valence-electron chi connectivity index (χ4n) is 2.13. The third-order valence-electron chi connectivity index (χ3n) is 3.05. The zero-order chi connectivity index (χ0) is 13.8. The fourth-order valence-corrected chi connectivity index (χ4v) is 3.30. The SMILES string of the molecule is C[C@@H]1CN(C(=O)CN(C)Cc2ccc(Cl)s2)CCO1. The highest BCUT2D eigenvalue weighted by Gasteiger charge is 2.22. The van der Waals surface area contributed by atoms with Gasteiger partial charge in [0.2, 0.25) is 5.91 Å². The molecule has 2 heterocycles. The van der Waals surface area contributed by atoms with Crippen LogP contribution in [0, 0.1) is 0 Å². The number of carbonyl (C=O) groups is 1. The lowest BCUT2D eigenvalue weighted by atomic mass is 10.3. The maximum absolute atomic E-state index is 12.2. The van der Waals surface area contributed by atoms with Gasteiger partial charge in [0.15, 0.2) is 0 Å². The first-order chi connectivity index (χ1) is 9.04. The molecule has 6 heteroatoms. The predicted octanol–water partition coefficient (Wildman–Crippen LogP) is 2.08. The van der Waals surface area contributed by atoms with Gasteiger partial charge in [0.25, 0.3) is 0 Å². The van der Waals surface area contributed by atoms with E-state index in [9.17, 15) is 4.79 Å². The highest BCUT2D eigenvalue weighted by atomic mass is 35.5. The third-order valence-corrected chi connectivity index (χ3v) is 4.27. The summed E-state index contributed by atoms with van der Waals surface area (Å²) < 4.78 is 6.23. The van der Waals surface area contributed by atoms with Crippen molar-refractivity contribution in [3.05, 3.63) is 21.3 Å². The summed E-state index contributed by atoms with van der Waals surface area (Å²) in [6.07, 6.45) is 0.138. The molecule has 1 atom stereocenters. The number of amides is 1. The molecule has 0 spiro atoms. The number of rotatable bonds is 4. The van der Waals surface area contributed by atoms with Crippen molar-refractivity contribution in [1.82, 2.24) is 9.80 Å². The summed E-state index contributed by atoms with van der Waals surface area (Å²) in [4.78, 5) is 17.2. The molecular weight excluding hydrogens is 284 g/mol. The Labute approximate surface area is 122 Å². The van der Waals surface area contributed by atoms with Gasteiger partial charge in [-0.3, -0.25) is 9.69 Å². The van der Waals surface area contributed by atoms with Crippen molar-refractivity contribution >= 4 is 28.8 Å². The van der Waals surface area contributed by atoms with Crippen LogP contribution in [0.25, 0.3) is 0 Å². The molecule has 19 heavy (non-hydrogen) atoms. The second-order valence-corrected chi connectivity index (χ2v) is 6.70. The molecule has 106 valence electrons. The van der Waals surface area contributed by atoms with E-state index in [-0.39, 0.29) is 12.0 Å². The molecule has 1 aliphatic rings. The van der Waals surface area contributed by atoms with Crippen molar-refractivity contribution in [2.75, 3.05) is 33.3 Å². The summed E-state index contributed by atoms with van der Waals surface area (Å²) in [7, 11) is 1.95. The van der Waals surface area contributed by atoms with E-state index in [0.717, 1.165) is 10.9 Å². The van der Waals surface area contributed by atoms with Crippen LogP contribution in [0.5, 0.6) is 0 Å².